The molecule has 0 radical (unpaired) electrons. The van der Waals surface area contributed by atoms with Crippen LogP contribution in [-0.4, -0.2) is 32.3 Å². The molecule has 0 fully saturated rings. The van der Waals surface area contributed by atoms with E-state index < -0.39 is 16.3 Å². The SMILES string of the molecule is NC(=NCC1=CC(c2ccc(Cl)cc2)=C(c2ccc(Cl)cc2)NC1O)NS(=O)(=O)c1ccccc1. The first kappa shape index (κ1) is 24.8. The fourth-order valence-electron chi connectivity index (χ4n) is 3.49. The summed E-state index contributed by atoms with van der Waals surface area (Å²) in [7, 11) is -3.87. The van der Waals surface area contributed by atoms with Gasteiger partial charge in [0.25, 0.3) is 10.0 Å². The van der Waals surface area contributed by atoms with Crippen molar-refractivity contribution in [3.05, 3.63) is 112 Å². The third kappa shape index (κ3) is 6.04. The normalized spacial score (nSPS) is 16.5. The van der Waals surface area contributed by atoms with Gasteiger partial charge in [0.05, 0.1) is 17.1 Å². The number of aliphatic hydroxyl groups excluding tert-OH is 1. The van der Waals surface area contributed by atoms with Crippen LogP contribution in [0.2, 0.25) is 10.0 Å². The number of aliphatic hydroxyl groups is 1. The van der Waals surface area contributed by atoms with E-state index in [9.17, 15) is 13.5 Å². The number of nitrogens with zero attached hydrogens (tertiary/aromatic N) is 1. The van der Waals surface area contributed by atoms with Crippen molar-refractivity contribution < 1.29 is 13.5 Å². The highest BCUT2D eigenvalue weighted by Gasteiger charge is 2.23. The van der Waals surface area contributed by atoms with E-state index >= 15 is 0 Å². The Hall–Kier alpha value is -3.30. The van der Waals surface area contributed by atoms with E-state index in [1.807, 2.05) is 24.3 Å². The van der Waals surface area contributed by atoms with Gasteiger partial charge in [-0.25, -0.2) is 18.1 Å². The molecule has 35 heavy (non-hydrogen) atoms. The van der Waals surface area contributed by atoms with Crippen molar-refractivity contribution >= 4 is 50.5 Å². The number of dihydropyridines is 1. The van der Waals surface area contributed by atoms with Crippen molar-refractivity contribution in [1.82, 2.24) is 10.0 Å². The molecule has 3 aromatic rings. The highest BCUT2D eigenvalue weighted by molar-refractivity contribution is 7.90. The number of hydrogen-bond donors (Lipinski definition) is 4. The van der Waals surface area contributed by atoms with Crippen molar-refractivity contribution in [2.75, 3.05) is 6.54 Å². The number of halogens is 2. The molecule has 0 aliphatic carbocycles. The molecular weight excluding hydrogens is 507 g/mol. The summed E-state index contributed by atoms with van der Waals surface area (Å²) in [5, 5.41) is 15.1. The summed E-state index contributed by atoms with van der Waals surface area (Å²) < 4.78 is 27.2. The zero-order chi connectivity index (χ0) is 25.0. The lowest BCUT2D eigenvalue weighted by Gasteiger charge is -2.27. The molecule has 0 saturated carbocycles. The summed E-state index contributed by atoms with van der Waals surface area (Å²) in [6.45, 7) is -0.0394. The van der Waals surface area contributed by atoms with Gasteiger partial charge < -0.3 is 16.2 Å². The minimum absolute atomic E-state index is 0.0394. The molecule has 0 bridgehead atoms. The van der Waals surface area contributed by atoms with Crippen molar-refractivity contribution in [3.63, 3.8) is 0 Å². The molecule has 7 nitrogen and oxygen atoms in total. The molecule has 10 heteroatoms. The predicted molar refractivity (Wildman–Crippen MR) is 140 cm³/mol. The summed E-state index contributed by atoms with van der Waals surface area (Å²) in [6.07, 6.45) is 0.732. The molecule has 1 aliphatic heterocycles. The Morgan fingerprint density at radius 3 is 2.11 bits per heavy atom. The smallest absolute Gasteiger partial charge is 0.264 e. The maximum absolute atomic E-state index is 12.5. The second-order valence-electron chi connectivity index (χ2n) is 7.69. The maximum Gasteiger partial charge on any atom is 0.264 e. The number of hydrogen-bond acceptors (Lipinski definition) is 5. The van der Waals surface area contributed by atoms with Crippen molar-refractivity contribution in [1.29, 1.82) is 0 Å². The van der Waals surface area contributed by atoms with E-state index in [-0.39, 0.29) is 17.4 Å². The minimum Gasteiger partial charge on any atom is -0.370 e. The third-order valence-corrected chi connectivity index (χ3v) is 7.12. The van der Waals surface area contributed by atoms with E-state index in [2.05, 4.69) is 15.0 Å². The van der Waals surface area contributed by atoms with Crippen LogP contribution in [0.25, 0.3) is 11.3 Å². The molecule has 180 valence electrons. The maximum atomic E-state index is 12.5. The van der Waals surface area contributed by atoms with Gasteiger partial charge in [0, 0.05) is 21.2 Å². The number of nitrogens with two attached hydrogens (primary N) is 1. The molecule has 0 amide bonds. The Kier molecular flexibility index (Phi) is 7.47. The molecule has 5 N–H and O–H groups in total. The molecule has 0 aromatic heterocycles. The van der Waals surface area contributed by atoms with Crippen LogP contribution in [0.4, 0.5) is 0 Å². The molecule has 1 aliphatic rings. The fraction of sp³-hybridized carbons (Fsp3) is 0.0800. The van der Waals surface area contributed by atoms with Crippen LogP contribution < -0.4 is 15.8 Å². The van der Waals surface area contributed by atoms with Gasteiger partial charge in [-0.1, -0.05) is 65.7 Å². The van der Waals surface area contributed by atoms with Crippen LogP contribution in [0.3, 0.4) is 0 Å². The van der Waals surface area contributed by atoms with E-state index in [4.69, 9.17) is 28.9 Å². The molecule has 0 spiro atoms. The van der Waals surface area contributed by atoms with Crippen LogP contribution in [0.1, 0.15) is 11.1 Å². The third-order valence-electron chi connectivity index (χ3n) is 5.24. The minimum atomic E-state index is -3.87. The number of benzene rings is 3. The highest BCUT2D eigenvalue weighted by atomic mass is 35.5. The number of aliphatic imine (C=N–C) groups is 1. The van der Waals surface area contributed by atoms with Crippen molar-refractivity contribution in [3.8, 4) is 0 Å². The highest BCUT2D eigenvalue weighted by Crippen LogP contribution is 2.32. The Bertz CT molecular complexity index is 1400. The van der Waals surface area contributed by atoms with Crippen LogP contribution in [0.5, 0.6) is 0 Å². The van der Waals surface area contributed by atoms with E-state index in [0.717, 1.165) is 16.7 Å². The van der Waals surface area contributed by atoms with Crippen molar-refractivity contribution in [2.24, 2.45) is 10.7 Å². The summed E-state index contributed by atoms with van der Waals surface area (Å²) >= 11 is 12.1. The first-order valence-electron chi connectivity index (χ1n) is 10.5. The van der Waals surface area contributed by atoms with Crippen LogP contribution in [0, 0.1) is 0 Å². The first-order valence-corrected chi connectivity index (χ1v) is 12.8. The average Bonchev–Trinajstić information content (AvgIpc) is 2.84. The molecular formula is C25H22Cl2N4O3S. The number of guanidine groups is 1. The number of rotatable bonds is 6. The molecule has 1 unspecified atom stereocenters. The van der Waals surface area contributed by atoms with Crippen LogP contribution in [-0.2, 0) is 10.0 Å². The topological polar surface area (TPSA) is 117 Å². The monoisotopic (exact) mass is 528 g/mol. The van der Waals surface area contributed by atoms with Gasteiger partial charge in [-0.15, -0.1) is 0 Å². The quantitative estimate of drug-likeness (QED) is 0.285. The standard InChI is InChI=1S/C25H22Cl2N4O3S/c26-19-10-6-16(7-11-19)22-14-18(24(32)30-23(22)17-8-12-20(27)13-9-17)15-29-25(28)31-35(33,34)21-4-2-1-3-5-21/h1-14,24,30,32H,15H2,(H3,28,29,31). The molecule has 1 heterocycles. The van der Waals surface area contributed by atoms with Gasteiger partial charge in [-0.2, -0.15) is 0 Å². The predicted octanol–water partition coefficient (Wildman–Crippen LogP) is 4.00. The Labute approximate surface area is 213 Å². The van der Waals surface area contributed by atoms with Gasteiger partial charge in [0.2, 0.25) is 5.96 Å². The fourth-order valence-corrected chi connectivity index (χ4v) is 4.72. The Morgan fingerprint density at radius 2 is 1.51 bits per heavy atom. The average molecular weight is 529 g/mol. The van der Waals surface area contributed by atoms with Crippen LogP contribution in [0.15, 0.2) is 100 Å². The van der Waals surface area contributed by atoms with E-state index in [1.165, 1.54) is 12.1 Å². The van der Waals surface area contributed by atoms with E-state index in [0.29, 0.717) is 21.3 Å². The lowest BCUT2D eigenvalue weighted by molar-refractivity contribution is 0.191. The summed E-state index contributed by atoms with van der Waals surface area (Å²) in [5.74, 6) is -0.289. The van der Waals surface area contributed by atoms with Gasteiger partial charge in [0.15, 0.2) is 0 Å². The van der Waals surface area contributed by atoms with E-state index in [1.54, 1.807) is 48.5 Å². The molecule has 4 rings (SSSR count). The zero-order valence-electron chi connectivity index (χ0n) is 18.3. The Balaban J connectivity index is 1.65. The second-order valence-corrected chi connectivity index (χ2v) is 10.2. The first-order chi connectivity index (χ1) is 16.7. The summed E-state index contributed by atoms with van der Waals surface area (Å²) in [5.41, 5.74) is 9.52. The zero-order valence-corrected chi connectivity index (χ0v) is 20.6. The molecule has 3 aromatic carbocycles. The summed E-state index contributed by atoms with van der Waals surface area (Å²) in [4.78, 5) is 4.20. The lowest BCUT2D eigenvalue weighted by atomic mass is 9.93. The molecule has 1 atom stereocenters. The second kappa shape index (κ2) is 10.5. The van der Waals surface area contributed by atoms with Gasteiger partial charge in [0.1, 0.15) is 6.23 Å². The number of allylic oxidation sites excluding steroid dienone is 2. The largest absolute Gasteiger partial charge is 0.370 e. The summed E-state index contributed by atoms with van der Waals surface area (Å²) in [6, 6.07) is 22.3. The Morgan fingerprint density at radius 1 is 0.943 bits per heavy atom. The number of nitrogens with one attached hydrogen (secondary N) is 2. The van der Waals surface area contributed by atoms with Gasteiger partial charge >= 0.3 is 0 Å². The van der Waals surface area contributed by atoms with Gasteiger partial charge in [-0.3, -0.25) is 0 Å². The van der Waals surface area contributed by atoms with Crippen LogP contribution >= 0.6 is 23.2 Å². The van der Waals surface area contributed by atoms with Crippen molar-refractivity contribution in [2.45, 2.75) is 11.1 Å². The lowest BCUT2D eigenvalue weighted by Crippen LogP contribution is -2.38. The number of sulfonamides is 1. The molecule has 0 saturated heterocycles. The van der Waals surface area contributed by atoms with Gasteiger partial charge in [-0.05, 0) is 53.6 Å².